The van der Waals surface area contributed by atoms with Crippen LogP contribution < -0.4 is 0 Å². The number of aliphatic imine (C=N–C) groups is 1. The molecule has 3 heterocycles. The van der Waals surface area contributed by atoms with Gasteiger partial charge in [-0.2, -0.15) is 0 Å². The average molecular weight is 507 g/mol. The van der Waals surface area contributed by atoms with Crippen LogP contribution in [0.1, 0.15) is 44.7 Å². The van der Waals surface area contributed by atoms with Crippen LogP contribution in [0.15, 0.2) is 40.7 Å². The van der Waals surface area contributed by atoms with E-state index in [1.165, 1.54) is 22.7 Å². The number of benzene rings is 1. The fraction of sp³-hybridized carbons (Fsp3) is 0.261. The normalized spacial score (nSPS) is 14.2. The lowest BCUT2D eigenvalue weighted by atomic mass is 10.1. The number of Topliss-reactive ketones (excluding diaryl/α,β-unsaturated/α-hetero) is 1. The highest BCUT2D eigenvalue weighted by Crippen LogP contribution is 2.40. The standard InChI is InChI=1S/C23H20Cl2N2O3S2/c1-13(15-12-31-22(21(15)29)14-4-5-16(24)17(25)10-14)26-11-18(28)19-6-7-20(32-19)23(30)27-8-2-3-9-27/h4-7,10,12,29H,2-3,8-9,11H2,1H3. The number of thiophene rings is 2. The first-order valence-electron chi connectivity index (χ1n) is 10.0. The summed E-state index contributed by atoms with van der Waals surface area (Å²) in [6.07, 6.45) is 2.05. The Bertz CT molecular complexity index is 1210. The first-order chi connectivity index (χ1) is 15.3. The highest BCUT2D eigenvalue weighted by molar-refractivity contribution is 7.16. The Kier molecular flexibility index (Phi) is 7.00. The topological polar surface area (TPSA) is 70.0 Å². The molecule has 4 rings (SSSR count). The molecule has 1 aliphatic heterocycles. The maximum absolute atomic E-state index is 12.6. The SMILES string of the molecule is CC(=NCC(=O)c1ccc(C(=O)N2CCCC2)s1)c1csc(-c2ccc(Cl)c(Cl)c2)c1O. The lowest BCUT2D eigenvalue weighted by Gasteiger charge is -2.13. The third kappa shape index (κ3) is 4.76. The van der Waals surface area contributed by atoms with Crippen LogP contribution in [0.4, 0.5) is 0 Å². The summed E-state index contributed by atoms with van der Waals surface area (Å²) in [5, 5.41) is 13.3. The molecule has 0 spiro atoms. The second-order valence-corrected chi connectivity index (χ2v) is 10.2. The van der Waals surface area contributed by atoms with Gasteiger partial charge in [0.15, 0.2) is 5.78 Å². The van der Waals surface area contributed by atoms with Crippen LogP contribution in [0.3, 0.4) is 0 Å². The molecule has 1 N–H and O–H groups in total. The molecule has 1 saturated heterocycles. The van der Waals surface area contributed by atoms with Crippen LogP contribution in [0.2, 0.25) is 10.0 Å². The minimum Gasteiger partial charge on any atom is -0.506 e. The van der Waals surface area contributed by atoms with Crippen molar-refractivity contribution in [1.82, 2.24) is 4.90 Å². The summed E-state index contributed by atoms with van der Waals surface area (Å²) >= 11 is 14.6. The molecule has 1 fully saturated rings. The van der Waals surface area contributed by atoms with Crippen molar-refractivity contribution >= 4 is 63.3 Å². The van der Waals surface area contributed by atoms with E-state index in [9.17, 15) is 14.7 Å². The van der Waals surface area contributed by atoms with E-state index >= 15 is 0 Å². The minimum atomic E-state index is -0.158. The Morgan fingerprint density at radius 1 is 1.09 bits per heavy atom. The summed E-state index contributed by atoms with van der Waals surface area (Å²) in [6.45, 7) is 3.25. The lowest BCUT2D eigenvalue weighted by molar-refractivity contribution is 0.0797. The Morgan fingerprint density at radius 2 is 1.81 bits per heavy atom. The molecule has 1 amide bonds. The van der Waals surface area contributed by atoms with Gasteiger partial charge < -0.3 is 10.0 Å². The van der Waals surface area contributed by atoms with E-state index in [4.69, 9.17) is 23.2 Å². The molecule has 0 radical (unpaired) electrons. The van der Waals surface area contributed by atoms with Gasteiger partial charge in [0, 0.05) is 29.7 Å². The van der Waals surface area contributed by atoms with Crippen molar-refractivity contribution in [3.8, 4) is 16.2 Å². The predicted octanol–water partition coefficient (Wildman–Crippen LogP) is 6.42. The largest absolute Gasteiger partial charge is 0.506 e. The molecule has 1 aromatic carbocycles. The fourth-order valence-corrected chi connectivity index (χ4v) is 5.69. The van der Waals surface area contributed by atoms with E-state index in [1.54, 1.807) is 42.6 Å². The van der Waals surface area contributed by atoms with Crippen LogP contribution >= 0.6 is 45.9 Å². The summed E-state index contributed by atoms with van der Waals surface area (Å²) in [5.41, 5.74) is 1.88. The van der Waals surface area contributed by atoms with Crippen molar-refractivity contribution in [2.75, 3.05) is 19.6 Å². The number of carbonyl (C=O) groups excluding carboxylic acids is 2. The van der Waals surface area contributed by atoms with Crippen LogP contribution in [0.5, 0.6) is 5.75 Å². The number of amides is 1. The summed E-state index contributed by atoms with van der Waals surface area (Å²) in [4.78, 5) is 33.0. The van der Waals surface area contributed by atoms with Crippen LogP contribution in [-0.2, 0) is 0 Å². The monoisotopic (exact) mass is 506 g/mol. The quantitative estimate of drug-likeness (QED) is 0.309. The van der Waals surface area contributed by atoms with Gasteiger partial charge >= 0.3 is 0 Å². The first kappa shape index (κ1) is 23.0. The second kappa shape index (κ2) is 9.75. The molecule has 32 heavy (non-hydrogen) atoms. The molecule has 0 bridgehead atoms. The van der Waals surface area contributed by atoms with Crippen molar-refractivity contribution in [3.63, 3.8) is 0 Å². The van der Waals surface area contributed by atoms with Crippen molar-refractivity contribution in [2.24, 2.45) is 4.99 Å². The minimum absolute atomic E-state index is 0.00994. The van der Waals surface area contributed by atoms with Gasteiger partial charge in [0.2, 0.25) is 0 Å². The van der Waals surface area contributed by atoms with Crippen molar-refractivity contribution < 1.29 is 14.7 Å². The summed E-state index contributed by atoms with van der Waals surface area (Å²) in [7, 11) is 0. The average Bonchev–Trinajstić information content (AvgIpc) is 3.54. The van der Waals surface area contributed by atoms with E-state index in [-0.39, 0.29) is 24.0 Å². The number of ketones is 1. The van der Waals surface area contributed by atoms with Crippen LogP contribution in [-0.4, -0.2) is 47.0 Å². The number of rotatable bonds is 6. The molecule has 0 atom stereocenters. The van der Waals surface area contributed by atoms with Gasteiger partial charge in [-0.25, -0.2) is 0 Å². The van der Waals surface area contributed by atoms with Crippen molar-refractivity contribution in [2.45, 2.75) is 19.8 Å². The number of likely N-dealkylation sites (tertiary alicyclic amines) is 1. The van der Waals surface area contributed by atoms with E-state index in [0.29, 0.717) is 36.0 Å². The Balaban J connectivity index is 1.46. The molecule has 9 heteroatoms. The molecule has 0 unspecified atom stereocenters. The Hall–Kier alpha value is -2.19. The van der Waals surface area contributed by atoms with Gasteiger partial charge in [-0.3, -0.25) is 14.6 Å². The maximum Gasteiger partial charge on any atom is 0.263 e. The number of hydrogen-bond acceptors (Lipinski definition) is 6. The zero-order chi connectivity index (χ0) is 22.8. The van der Waals surface area contributed by atoms with Gasteiger partial charge in [0.25, 0.3) is 5.91 Å². The van der Waals surface area contributed by atoms with E-state index < -0.39 is 0 Å². The van der Waals surface area contributed by atoms with Crippen LogP contribution in [0.25, 0.3) is 10.4 Å². The molecule has 2 aromatic heterocycles. The zero-order valence-electron chi connectivity index (χ0n) is 17.2. The smallest absolute Gasteiger partial charge is 0.263 e. The Labute approximate surface area is 203 Å². The van der Waals surface area contributed by atoms with Crippen LogP contribution in [0, 0.1) is 0 Å². The maximum atomic E-state index is 12.6. The van der Waals surface area contributed by atoms with Gasteiger partial charge in [0.1, 0.15) is 12.3 Å². The van der Waals surface area contributed by atoms with Gasteiger partial charge in [0.05, 0.1) is 24.7 Å². The number of halogens is 2. The van der Waals surface area contributed by atoms with Gasteiger partial charge in [-0.05, 0) is 49.6 Å². The third-order valence-corrected chi connectivity index (χ3v) is 8.15. The molecule has 3 aromatic rings. The summed E-state index contributed by atoms with van der Waals surface area (Å²) in [5.74, 6) is -0.0739. The molecule has 5 nitrogen and oxygen atoms in total. The number of aromatic hydroxyl groups is 1. The highest BCUT2D eigenvalue weighted by atomic mass is 35.5. The fourth-order valence-electron chi connectivity index (χ4n) is 3.48. The van der Waals surface area contributed by atoms with E-state index in [1.807, 2.05) is 4.90 Å². The number of hydrogen-bond donors (Lipinski definition) is 1. The van der Waals surface area contributed by atoms with Crippen molar-refractivity contribution in [1.29, 1.82) is 0 Å². The molecule has 166 valence electrons. The number of carbonyl (C=O) groups is 2. The predicted molar refractivity (Wildman–Crippen MR) is 132 cm³/mol. The third-order valence-electron chi connectivity index (χ3n) is 5.28. The molecule has 1 aliphatic rings. The lowest BCUT2D eigenvalue weighted by Crippen LogP contribution is -2.26. The summed E-state index contributed by atoms with van der Waals surface area (Å²) in [6, 6.07) is 8.57. The van der Waals surface area contributed by atoms with Gasteiger partial charge in [-0.1, -0.05) is 29.3 Å². The van der Waals surface area contributed by atoms with Gasteiger partial charge in [-0.15, -0.1) is 22.7 Å². The Morgan fingerprint density at radius 3 is 2.53 bits per heavy atom. The molecular formula is C23H20Cl2N2O3S2. The second-order valence-electron chi connectivity index (χ2n) is 7.44. The van der Waals surface area contributed by atoms with E-state index in [0.717, 1.165) is 31.5 Å². The van der Waals surface area contributed by atoms with E-state index in [2.05, 4.69) is 4.99 Å². The zero-order valence-corrected chi connectivity index (χ0v) is 20.4. The molecular weight excluding hydrogens is 487 g/mol. The van der Waals surface area contributed by atoms with Crippen molar-refractivity contribution in [3.05, 3.63) is 61.1 Å². The number of nitrogens with zero attached hydrogens (tertiary/aromatic N) is 2. The summed E-state index contributed by atoms with van der Waals surface area (Å²) < 4.78 is 0. The molecule has 0 saturated carbocycles. The highest BCUT2D eigenvalue weighted by Gasteiger charge is 2.22. The molecule has 0 aliphatic carbocycles. The first-order valence-corrected chi connectivity index (χ1v) is 12.5.